The molecular formula is C17H25N3. The molecule has 3 nitrogen and oxygen atoms in total. The summed E-state index contributed by atoms with van der Waals surface area (Å²) in [5.74, 6) is 0. The number of pyridine rings is 1. The summed E-state index contributed by atoms with van der Waals surface area (Å²) in [5.41, 5.74) is 7.74. The summed E-state index contributed by atoms with van der Waals surface area (Å²) in [7, 11) is 0. The van der Waals surface area contributed by atoms with E-state index in [0.717, 1.165) is 18.5 Å². The molecule has 0 spiro atoms. The minimum atomic E-state index is -0.0823. The molecule has 2 aromatic rings. The molecule has 0 fully saturated rings. The average molecular weight is 271 g/mol. The second-order valence-corrected chi connectivity index (χ2v) is 5.75. The van der Waals surface area contributed by atoms with E-state index >= 15 is 0 Å². The van der Waals surface area contributed by atoms with E-state index in [1.54, 1.807) is 0 Å². The number of rotatable bonds is 5. The second-order valence-electron chi connectivity index (χ2n) is 5.75. The molecule has 2 rings (SSSR count). The zero-order valence-electron chi connectivity index (χ0n) is 12.9. The fourth-order valence-corrected chi connectivity index (χ4v) is 3.03. The Morgan fingerprint density at radius 1 is 1.20 bits per heavy atom. The van der Waals surface area contributed by atoms with Gasteiger partial charge >= 0.3 is 0 Å². The number of benzene rings is 1. The van der Waals surface area contributed by atoms with Gasteiger partial charge in [-0.25, -0.2) is 0 Å². The third-order valence-electron chi connectivity index (χ3n) is 4.39. The van der Waals surface area contributed by atoms with Crippen molar-refractivity contribution in [3.8, 4) is 0 Å². The fraction of sp³-hybridized carbons (Fsp3) is 0.471. The highest BCUT2D eigenvalue weighted by atomic mass is 15.2. The molecule has 1 aromatic heterocycles. The third kappa shape index (κ3) is 2.56. The normalized spacial score (nSPS) is 13.9. The average Bonchev–Trinajstić information content (AvgIpc) is 2.47. The first-order valence-corrected chi connectivity index (χ1v) is 7.35. The maximum atomic E-state index is 6.63. The molecule has 0 aliphatic rings. The molecule has 108 valence electrons. The highest BCUT2D eigenvalue weighted by Crippen LogP contribution is 2.32. The molecule has 1 unspecified atom stereocenters. The van der Waals surface area contributed by atoms with Crippen LogP contribution in [0.1, 0.15) is 39.3 Å². The minimum Gasteiger partial charge on any atom is -0.322 e. The molecule has 0 saturated carbocycles. The number of nitrogens with zero attached hydrogens (tertiary/aromatic N) is 2. The van der Waals surface area contributed by atoms with Crippen LogP contribution in [0.4, 0.5) is 0 Å². The minimum absolute atomic E-state index is 0.0338. The van der Waals surface area contributed by atoms with Crippen LogP contribution >= 0.6 is 0 Å². The van der Waals surface area contributed by atoms with Gasteiger partial charge in [-0.3, -0.25) is 9.88 Å². The Morgan fingerprint density at radius 3 is 2.55 bits per heavy atom. The maximum absolute atomic E-state index is 6.63. The van der Waals surface area contributed by atoms with Crippen LogP contribution in [0.25, 0.3) is 10.8 Å². The van der Waals surface area contributed by atoms with Crippen LogP contribution in [0.2, 0.25) is 0 Å². The van der Waals surface area contributed by atoms with Gasteiger partial charge in [0.25, 0.3) is 0 Å². The Hall–Kier alpha value is -1.45. The van der Waals surface area contributed by atoms with Crippen molar-refractivity contribution in [1.29, 1.82) is 0 Å². The highest BCUT2D eigenvalue weighted by molar-refractivity contribution is 5.85. The van der Waals surface area contributed by atoms with Crippen molar-refractivity contribution in [2.45, 2.75) is 39.3 Å². The number of hydrogen-bond donors (Lipinski definition) is 1. The quantitative estimate of drug-likeness (QED) is 0.906. The van der Waals surface area contributed by atoms with Crippen molar-refractivity contribution in [1.82, 2.24) is 9.88 Å². The van der Waals surface area contributed by atoms with Gasteiger partial charge in [0.1, 0.15) is 0 Å². The first-order valence-electron chi connectivity index (χ1n) is 7.35. The van der Waals surface area contributed by atoms with E-state index in [0.29, 0.717) is 0 Å². The lowest BCUT2D eigenvalue weighted by Gasteiger charge is -2.42. The Morgan fingerprint density at radius 2 is 1.90 bits per heavy atom. The van der Waals surface area contributed by atoms with Crippen LogP contribution in [0.3, 0.4) is 0 Å². The number of fused-ring (bicyclic) bond motifs is 1. The molecule has 20 heavy (non-hydrogen) atoms. The van der Waals surface area contributed by atoms with Gasteiger partial charge in [-0.2, -0.15) is 0 Å². The molecule has 0 bridgehead atoms. The van der Waals surface area contributed by atoms with Crippen LogP contribution in [0.5, 0.6) is 0 Å². The summed E-state index contributed by atoms with van der Waals surface area (Å²) in [6.07, 6.45) is 3.74. The van der Waals surface area contributed by atoms with Gasteiger partial charge in [0.2, 0.25) is 0 Å². The predicted octanol–water partition coefficient (Wildman–Crippen LogP) is 3.36. The third-order valence-corrected chi connectivity index (χ3v) is 4.39. The first kappa shape index (κ1) is 14.9. The lowest BCUT2D eigenvalue weighted by atomic mass is 9.85. The van der Waals surface area contributed by atoms with Gasteiger partial charge in [-0.1, -0.05) is 32.0 Å². The highest BCUT2D eigenvalue weighted by Gasteiger charge is 2.33. The molecule has 1 heterocycles. The van der Waals surface area contributed by atoms with Crippen molar-refractivity contribution in [3.63, 3.8) is 0 Å². The summed E-state index contributed by atoms with van der Waals surface area (Å²) < 4.78 is 0. The zero-order valence-corrected chi connectivity index (χ0v) is 12.9. The van der Waals surface area contributed by atoms with Crippen LogP contribution in [-0.2, 0) is 0 Å². The molecule has 0 amide bonds. The second kappa shape index (κ2) is 5.90. The monoisotopic (exact) mass is 271 g/mol. The van der Waals surface area contributed by atoms with Crippen molar-refractivity contribution in [3.05, 3.63) is 42.2 Å². The van der Waals surface area contributed by atoms with Gasteiger partial charge in [0.15, 0.2) is 0 Å². The number of hydrogen-bond acceptors (Lipinski definition) is 3. The number of aromatic nitrogens is 1. The number of nitrogens with two attached hydrogens (primary N) is 1. The van der Waals surface area contributed by atoms with E-state index in [9.17, 15) is 0 Å². The number of likely N-dealkylation sites (N-methyl/N-ethyl adjacent to an activating group) is 1. The molecule has 2 N–H and O–H groups in total. The predicted molar refractivity (Wildman–Crippen MR) is 85.7 cm³/mol. The van der Waals surface area contributed by atoms with Crippen LogP contribution in [0, 0.1) is 0 Å². The Labute approximate surface area is 121 Å². The van der Waals surface area contributed by atoms with Crippen molar-refractivity contribution >= 4 is 10.8 Å². The van der Waals surface area contributed by atoms with Crippen molar-refractivity contribution in [2.24, 2.45) is 5.73 Å². The summed E-state index contributed by atoms with van der Waals surface area (Å²) in [6.45, 7) is 10.8. The standard InChI is InChI=1S/C17H25N3/c1-5-20(6-2)17(3,4)16(18)15-9-7-8-13-12-19-11-10-14(13)15/h7-12,16H,5-6,18H2,1-4H3. The van der Waals surface area contributed by atoms with Gasteiger partial charge in [0, 0.05) is 29.4 Å². The molecule has 0 aliphatic carbocycles. The van der Waals surface area contributed by atoms with Gasteiger partial charge < -0.3 is 5.73 Å². The molecule has 3 heteroatoms. The largest absolute Gasteiger partial charge is 0.322 e. The molecule has 0 aliphatic heterocycles. The summed E-state index contributed by atoms with van der Waals surface area (Å²) in [5, 5.41) is 2.35. The van der Waals surface area contributed by atoms with E-state index in [1.807, 2.05) is 12.4 Å². The summed E-state index contributed by atoms with van der Waals surface area (Å²) in [4.78, 5) is 6.61. The van der Waals surface area contributed by atoms with Crippen molar-refractivity contribution in [2.75, 3.05) is 13.1 Å². The summed E-state index contributed by atoms with van der Waals surface area (Å²) in [6, 6.07) is 8.31. The maximum Gasteiger partial charge on any atom is 0.0482 e. The molecule has 1 aromatic carbocycles. The van der Waals surface area contributed by atoms with Crippen LogP contribution < -0.4 is 5.73 Å². The van der Waals surface area contributed by atoms with E-state index in [2.05, 4.69) is 61.8 Å². The molecule has 0 radical (unpaired) electrons. The van der Waals surface area contributed by atoms with Crippen LogP contribution in [0.15, 0.2) is 36.7 Å². The Kier molecular flexibility index (Phi) is 4.41. The summed E-state index contributed by atoms with van der Waals surface area (Å²) >= 11 is 0. The van der Waals surface area contributed by atoms with E-state index in [-0.39, 0.29) is 11.6 Å². The lowest BCUT2D eigenvalue weighted by molar-refractivity contribution is 0.107. The first-order chi connectivity index (χ1) is 9.52. The van der Waals surface area contributed by atoms with Gasteiger partial charge in [-0.05, 0) is 44.0 Å². The van der Waals surface area contributed by atoms with E-state index in [4.69, 9.17) is 5.73 Å². The van der Waals surface area contributed by atoms with Gasteiger partial charge in [-0.15, -0.1) is 0 Å². The van der Waals surface area contributed by atoms with E-state index < -0.39 is 0 Å². The zero-order chi connectivity index (χ0) is 14.8. The SMILES string of the molecule is CCN(CC)C(C)(C)C(N)c1cccc2cnccc12. The molecule has 1 atom stereocenters. The Balaban J connectivity index is 2.48. The van der Waals surface area contributed by atoms with Gasteiger partial charge in [0.05, 0.1) is 0 Å². The molecular weight excluding hydrogens is 246 g/mol. The topological polar surface area (TPSA) is 42.1 Å². The van der Waals surface area contributed by atoms with Crippen LogP contribution in [-0.4, -0.2) is 28.5 Å². The Bertz CT molecular complexity index is 568. The molecule has 0 saturated heterocycles. The fourth-order valence-electron chi connectivity index (χ4n) is 3.03. The lowest BCUT2D eigenvalue weighted by Crippen LogP contribution is -2.51. The van der Waals surface area contributed by atoms with E-state index in [1.165, 1.54) is 10.9 Å². The smallest absolute Gasteiger partial charge is 0.0482 e. The van der Waals surface area contributed by atoms with Crippen molar-refractivity contribution < 1.29 is 0 Å².